The number of ether oxygens (including phenoxy) is 8. The smallest absolute Gasteiger partial charge is 0.422 e. The Morgan fingerprint density at radius 3 is 0.974 bits per heavy atom. The Labute approximate surface area is 241 Å². The minimum Gasteiger partial charge on any atom is -0.422 e. The zero-order valence-electron chi connectivity index (χ0n) is 21.5. The standard InChI is InChI=1S/2C8H16O4.C6F3N4.Na/c2*1-2-10-5-6-12-8-7-11-4-3-9-1;7-6(8,9)5-12-3(1-10)4(2-11)13-5;/h2*1-8H2;;/q;;-1;+1. The maximum atomic E-state index is 11.9. The van der Waals surface area contributed by atoms with Gasteiger partial charge in [0.2, 0.25) is 0 Å². The fourth-order valence-corrected chi connectivity index (χ4v) is 2.38. The van der Waals surface area contributed by atoms with Crippen molar-refractivity contribution in [2.45, 2.75) is 6.18 Å². The molecule has 0 spiro atoms. The van der Waals surface area contributed by atoms with Crippen LogP contribution in [0.2, 0.25) is 0 Å². The molecule has 0 amide bonds. The van der Waals surface area contributed by atoms with E-state index in [1.54, 1.807) is 0 Å². The Morgan fingerprint density at radius 2 is 0.816 bits per heavy atom. The van der Waals surface area contributed by atoms with E-state index < -0.39 is 23.4 Å². The number of nitrogens with zero attached hydrogens (tertiary/aromatic N) is 4. The van der Waals surface area contributed by atoms with E-state index in [0.29, 0.717) is 106 Å². The van der Waals surface area contributed by atoms with Crippen molar-refractivity contribution in [1.82, 2.24) is 9.97 Å². The van der Waals surface area contributed by atoms with Gasteiger partial charge in [-0.1, -0.05) is 0 Å². The molecule has 0 aliphatic carbocycles. The Morgan fingerprint density at radius 1 is 0.553 bits per heavy atom. The molecule has 2 saturated heterocycles. The van der Waals surface area contributed by atoms with Crippen molar-refractivity contribution < 1.29 is 80.6 Å². The van der Waals surface area contributed by atoms with Gasteiger partial charge in [-0.2, -0.15) is 23.7 Å². The van der Waals surface area contributed by atoms with Crippen LogP contribution < -0.4 is 34.5 Å². The predicted octanol–water partition coefficient (Wildman–Crippen LogP) is -2.06. The van der Waals surface area contributed by atoms with Gasteiger partial charge in [0.05, 0.1) is 129 Å². The quantitative estimate of drug-likeness (QED) is 0.321. The second kappa shape index (κ2) is 24.7. The van der Waals surface area contributed by atoms with Gasteiger partial charge >= 0.3 is 35.7 Å². The molecule has 0 aromatic carbocycles. The van der Waals surface area contributed by atoms with Gasteiger partial charge in [-0.05, 0) is 0 Å². The minimum absolute atomic E-state index is 0. The summed E-state index contributed by atoms with van der Waals surface area (Å²) in [4.78, 5) is 5.70. The summed E-state index contributed by atoms with van der Waals surface area (Å²) in [6.45, 7) is 10.3. The monoisotopic (exact) mass is 560 g/mol. The SMILES string of the molecule is C1COCCOCCOCCO1.C1COCCOCCOCCO1.N#Cc1nc(C(F)(F)F)[n-]c1C#N.[Na+]. The van der Waals surface area contributed by atoms with Gasteiger partial charge in [-0.3, -0.25) is 0 Å². The Kier molecular flexibility index (Phi) is 23.8. The van der Waals surface area contributed by atoms with Crippen molar-refractivity contribution in [2.75, 3.05) is 106 Å². The minimum atomic E-state index is -4.72. The molecular weight excluding hydrogens is 528 g/mol. The molecule has 0 N–H and O–H groups in total. The van der Waals surface area contributed by atoms with E-state index >= 15 is 0 Å². The van der Waals surface area contributed by atoms with E-state index in [1.807, 2.05) is 0 Å². The molecular formula is C22H32F3N4NaO8. The third kappa shape index (κ3) is 19.7. The van der Waals surface area contributed by atoms with E-state index in [1.165, 1.54) is 12.1 Å². The van der Waals surface area contributed by atoms with E-state index in [4.69, 9.17) is 48.4 Å². The molecule has 0 radical (unpaired) electrons. The summed E-state index contributed by atoms with van der Waals surface area (Å²) in [7, 11) is 0. The molecule has 0 unspecified atom stereocenters. The van der Waals surface area contributed by atoms with Gasteiger partial charge in [0.1, 0.15) is 0 Å². The maximum absolute atomic E-state index is 11.9. The van der Waals surface area contributed by atoms with Crippen LogP contribution in [0.4, 0.5) is 13.2 Å². The summed E-state index contributed by atoms with van der Waals surface area (Å²) >= 11 is 0. The first kappa shape index (κ1) is 36.7. The van der Waals surface area contributed by atoms with E-state index in [2.05, 4.69) is 9.97 Å². The molecule has 3 rings (SSSR count). The molecule has 38 heavy (non-hydrogen) atoms. The van der Waals surface area contributed by atoms with Crippen LogP contribution >= 0.6 is 0 Å². The average Bonchev–Trinajstić information content (AvgIpc) is 3.30. The summed E-state index contributed by atoms with van der Waals surface area (Å²) in [5.41, 5.74) is -1.20. The van der Waals surface area contributed by atoms with Crippen LogP contribution in [0.15, 0.2) is 0 Å². The first-order valence-electron chi connectivity index (χ1n) is 11.5. The molecule has 12 nitrogen and oxygen atoms in total. The van der Waals surface area contributed by atoms with Crippen molar-refractivity contribution in [3.8, 4) is 12.1 Å². The number of alkyl halides is 3. The summed E-state index contributed by atoms with van der Waals surface area (Å²) < 4.78 is 77.5. The Hall–Kier alpha value is -1.34. The van der Waals surface area contributed by atoms with Gasteiger partial charge in [0.15, 0.2) is 0 Å². The second-order valence-corrected chi connectivity index (χ2v) is 6.86. The number of halogens is 3. The number of aromatic nitrogens is 2. The molecule has 1 aromatic rings. The number of hydrogen-bond donors (Lipinski definition) is 0. The largest absolute Gasteiger partial charge is 1.00 e. The summed E-state index contributed by atoms with van der Waals surface area (Å²) in [5.74, 6) is -1.46. The van der Waals surface area contributed by atoms with Crippen LogP contribution in [-0.4, -0.2) is 111 Å². The van der Waals surface area contributed by atoms with Crippen LogP contribution in [0.3, 0.4) is 0 Å². The van der Waals surface area contributed by atoms with Crippen molar-refractivity contribution in [1.29, 1.82) is 10.5 Å². The second-order valence-electron chi connectivity index (χ2n) is 6.86. The number of nitriles is 2. The Balaban J connectivity index is 0.000000534. The van der Waals surface area contributed by atoms with Crippen LogP contribution in [0, 0.1) is 22.7 Å². The zero-order valence-corrected chi connectivity index (χ0v) is 23.5. The van der Waals surface area contributed by atoms with Gasteiger partial charge in [-0.15, -0.1) is 0 Å². The Bertz CT molecular complexity index is 649. The predicted molar refractivity (Wildman–Crippen MR) is 119 cm³/mol. The van der Waals surface area contributed by atoms with Gasteiger partial charge in [0.25, 0.3) is 0 Å². The fraction of sp³-hybridized carbons (Fsp3) is 0.773. The van der Waals surface area contributed by atoms with E-state index in [0.717, 1.165) is 0 Å². The third-order valence-corrected chi connectivity index (χ3v) is 4.10. The summed E-state index contributed by atoms with van der Waals surface area (Å²) in [6, 6.07) is 2.69. The summed E-state index contributed by atoms with van der Waals surface area (Å²) in [6.07, 6.45) is -4.72. The van der Waals surface area contributed by atoms with Crippen LogP contribution in [-0.2, 0) is 44.1 Å². The molecule has 2 aliphatic rings. The molecule has 3 heterocycles. The zero-order chi connectivity index (χ0) is 27.0. The van der Waals surface area contributed by atoms with Crippen LogP contribution in [0.5, 0.6) is 0 Å². The molecule has 2 aliphatic heterocycles. The van der Waals surface area contributed by atoms with Crippen LogP contribution in [0.25, 0.3) is 0 Å². The topological polar surface area (TPSA) is 148 Å². The normalized spacial score (nSPS) is 18.8. The van der Waals surface area contributed by atoms with Crippen LogP contribution in [0.1, 0.15) is 17.2 Å². The first-order chi connectivity index (χ1) is 18.0. The average molecular weight is 561 g/mol. The van der Waals surface area contributed by atoms with E-state index in [-0.39, 0.29) is 29.6 Å². The van der Waals surface area contributed by atoms with Crippen molar-refractivity contribution in [3.05, 3.63) is 17.2 Å². The first-order valence-corrected chi connectivity index (χ1v) is 11.5. The fourth-order valence-electron chi connectivity index (χ4n) is 2.38. The maximum Gasteiger partial charge on any atom is 1.00 e. The number of imidazole rings is 1. The number of rotatable bonds is 0. The molecule has 2 fully saturated rings. The van der Waals surface area contributed by atoms with Gasteiger partial charge in [-0.25, -0.2) is 0 Å². The van der Waals surface area contributed by atoms with Gasteiger partial charge < -0.3 is 47.9 Å². The molecule has 16 heteroatoms. The molecule has 0 saturated carbocycles. The van der Waals surface area contributed by atoms with Crippen molar-refractivity contribution >= 4 is 0 Å². The molecule has 1 aromatic heterocycles. The van der Waals surface area contributed by atoms with Crippen molar-refractivity contribution in [3.63, 3.8) is 0 Å². The molecule has 210 valence electrons. The molecule has 0 atom stereocenters. The van der Waals surface area contributed by atoms with Gasteiger partial charge in [0, 0.05) is 5.82 Å². The number of hydrogen-bond acceptors (Lipinski definition) is 11. The third-order valence-electron chi connectivity index (χ3n) is 4.10. The van der Waals surface area contributed by atoms with E-state index in [9.17, 15) is 13.2 Å². The van der Waals surface area contributed by atoms with Crippen molar-refractivity contribution in [2.24, 2.45) is 0 Å². The molecule has 0 bridgehead atoms. The summed E-state index contributed by atoms with van der Waals surface area (Å²) in [5, 5.41) is 16.5.